The molecule has 0 bridgehead atoms. The van der Waals surface area contributed by atoms with Crippen molar-refractivity contribution in [3.05, 3.63) is 65.5 Å². The number of nitrogens with two attached hydrogens (primary N) is 2. The maximum absolute atomic E-state index is 12.6. The molecule has 33 heavy (non-hydrogen) atoms. The van der Waals surface area contributed by atoms with Gasteiger partial charge in [0.1, 0.15) is 5.69 Å². The second-order valence-corrected chi connectivity index (χ2v) is 7.55. The minimum atomic E-state index is -0.0214. The van der Waals surface area contributed by atoms with Crippen molar-refractivity contribution in [1.82, 2.24) is 15.1 Å². The van der Waals surface area contributed by atoms with Crippen LogP contribution in [0.1, 0.15) is 28.0 Å². The van der Waals surface area contributed by atoms with Crippen LogP contribution in [-0.2, 0) is 4.74 Å². The monoisotopic (exact) mass is 446 g/mol. The zero-order valence-electron chi connectivity index (χ0n) is 18.1. The fraction of sp³-hybridized carbons (Fsp3) is 0.250. The van der Waals surface area contributed by atoms with Gasteiger partial charge < -0.3 is 20.5 Å². The molecule has 1 aliphatic heterocycles. The summed E-state index contributed by atoms with van der Waals surface area (Å²) in [4.78, 5) is 14.4. The molecule has 0 atom stereocenters. The normalized spacial score (nSPS) is 14.1. The maximum Gasteiger partial charge on any atom is 0.254 e. The van der Waals surface area contributed by atoms with E-state index in [2.05, 4.69) is 22.0 Å². The number of nitrogens with zero attached hydrogens (tertiary/aromatic N) is 3. The molecule has 1 aliphatic rings. The minimum absolute atomic E-state index is 0.0214. The van der Waals surface area contributed by atoms with Gasteiger partial charge in [0.25, 0.3) is 5.91 Å². The van der Waals surface area contributed by atoms with Gasteiger partial charge in [-0.1, -0.05) is 11.8 Å². The summed E-state index contributed by atoms with van der Waals surface area (Å²) in [5, 5.41) is 18.4. The first-order valence-corrected chi connectivity index (χ1v) is 10.6. The topological polar surface area (TPSA) is 134 Å². The van der Waals surface area contributed by atoms with Crippen molar-refractivity contribution in [2.45, 2.75) is 6.42 Å². The molecule has 0 unspecified atom stereocenters. The van der Waals surface area contributed by atoms with Gasteiger partial charge in [0.05, 0.1) is 36.7 Å². The number of H-pyrrole nitrogens is 1. The number of fused-ring (bicyclic) bond motifs is 1. The van der Waals surface area contributed by atoms with Crippen LogP contribution >= 0.6 is 0 Å². The number of amides is 1. The molecule has 0 radical (unpaired) electrons. The average Bonchev–Trinajstić information content (AvgIpc) is 3.28. The van der Waals surface area contributed by atoms with Gasteiger partial charge in [0.15, 0.2) is 0 Å². The summed E-state index contributed by atoms with van der Waals surface area (Å²) in [6.07, 6.45) is 2.01. The first-order valence-electron chi connectivity index (χ1n) is 10.6. The van der Waals surface area contributed by atoms with Crippen LogP contribution in [0.4, 0.5) is 5.69 Å². The zero-order valence-corrected chi connectivity index (χ0v) is 18.1. The number of hydrazine groups is 1. The van der Waals surface area contributed by atoms with Crippen molar-refractivity contribution in [3.8, 4) is 11.8 Å². The van der Waals surface area contributed by atoms with E-state index >= 15 is 0 Å². The van der Waals surface area contributed by atoms with Gasteiger partial charge >= 0.3 is 0 Å². The number of nitrogens with one attached hydrogen (secondary N) is 1. The molecule has 6 N–H and O–H groups in total. The number of anilines is 1. The van der Waals surface area contributed by atoms with E-state index in [1.807, 2.05) is 18.2 Å². The molecule has 2 aromatic carbocycles. The van der Waals surface area contributed by atoms with Crippen LogP contribution in [0.5, 0.6) is 0 Å². The lowest BCUT2D eigenvalue weighted by atomic mass is 10.1. The summed E-state index contributed by atoms with van der Waals surface area (Å²) in [6.45, 7) is 2.34. The number of aliphatic hydroxyl groups excluding tert-OH is 1. The fourth-order valence-electron chi connectivity index (χ4n) is 3.55. The lowest BCUT2D eigenvalue weighted by Crippen LogP contribution is -2.40. The summed E-state index contributed by atoms with van der Waals surface area (Å²) >= 11 is 0. The molecule has 3 aromatic rings. The van der Waals surface area contributed by atoms with E-state index in [1.165, 1.54) is 5.01 Å². The standard InChI is InChI=1S/C24H26N6O3/c25-21(23-20-9-4-17(3-1-2-12-31)15-22(20)27-28-23)16-30(26)19-7-5-18(6-8-19)24(32)29-10-13-33-14-11-29/h4-9,15-16,31H,2,10-14,25-26H2,(H,27,28)/b21-16-. The first kappa shape index (κ1) is 22.4. The van der Waals surface area contributed by atoms with Gasteiger partial charge in [-0.15, -0.1) is 0 Å². The van der Waals surface area contributed by atoms with E-state index in [9.17, 15) is 4.79 Å². The van der Waals surface area contributed by atoms with E-state index in [0.29, 0.717) is 55.4 Å². The molecule has 1 fully saturated rings. The Balaban J connectivity index is 1.48. The molecule has 0 aliphatic carbocycles. The van der Waals surface area contributed by atoms with Crippen molar-refractivity contribution in [1.29, 1.82) is 0 Å². The summed E-state index contributed by atoms with van der Waals surface area (Å²) in [6, 6.07) is 12.7. The smallest absolute Gasteiger partial charge is 0.254 e. The third-order valence-electron chi connectivity index (χ3n) is 5.29. The zero-order chi connectivity index (χ0) is 23.2. The Morgan fingerprint density at radius 1 is 1.24 bits per heavy atom. The molecule has 0 saturated carbocycles. The third-order valence-corrected chi connectivity index (χ3v) is 5.29. The molecule has 170 valence electrons. The Kier molecular flexibility index (Phi) is 6.90. The average molecular weight is 447 g/mol. The van der Waals surface area contributed by atoms with Gasteiger partial charge in [-0.25, -0.2) is 5.84 Å². The summed E-state index contributed by atoms with van der Waals surface area (Å²) in [7, 11) is 0. The number of aromatic nitrogens is 2. The van der Waals surface area contributed by atoms with E-state index in [4.69, 9.17) is 21.4 Å². The molecule has 0 spiro atoms. The quantitative estimate of drug-likeness (QED) is 0.264. The van der Waals surface area contributed by atoms with Gasteiger partial charge in [0, 0.05) is 42.2 Å². The molecular formula is C24H26N6O3. The largest absolute Gasteiger partial charge is 0.396 e. The number of hydrogen-bond donors (Lipinski definition) is 4. The predicted molar refractivity (Wildman–Crippen MR) is 127 cm³/mol. The van der Waals surface area contributed by atoms with Crippen molar-refractivity contribution >= 4 is 28.2 Å². The number of benzene rings is 2. The Labute approximate surface area is 191 Å². The number of carbonyl (C=O) groups excluding carboxylic acids is 1. The van der Waals surface area contributed by atoms with Gasteiger partial charge in [0.2, 0.25) is 0 Å². The van der Waals surface area contributed by atoms with E-state index in [1.54, 1.807) is 35.4 Å². The second-order valence-electron chi connectivity index (χ2n) is 7.55. The van der Waals surface area contributed by atoms with E-state index < -0.39 is 0 Å². The fourth-order valence-corrected chi connectivity index (χ4v) is 3.55. The van der Waals surface area contributed by atoms with Gasteiger partial charge in [-0.2, -0.15) is 5.10 Å². The van der Waals surface area contributed by atoms with Crippen LogP contribution < -0.4 is 16.6 Å². The van der Waals surface area contributed by atoms with Crippen LogP contribution in [0, 0.1) is 11.8 Å². The number of morpholine rings is 1. The molecule has 1 aromatic heterocycles. The Bertz CT molecular complexity index is 1220. The molecule has 9 nitrogen and oxygen atoms in total. The molecule has 1 amide bonds. The highest BCUT2D eigenvalue weighted by Crippen LogP contribution is 2.22. The molecule has 4 rings (SSSR count). The summed E-state index contributed by atoms with van der Waals surface area (Å²) in [5.74, 6) is 12.1. The van der Waals surface area contributed by atoms with E-state index in [0.717, 1.165) is 16.5 Å². The Morgan fingerprint density at radius 3 is 2.73 bits per heavy atom. The highest BCUT2D eigenvalue weighted by Gasteiger charge is 2.18. The number of aliphatic hydroxyl groups is 1. The third kappa shape index (κ3) is 5.15. The first-order chi connectivity index (χ1) is 16.1. The van der Waals surface area contributed by atoms with Crippen molar-refractivity contribution < 1.29 is 14.6 Å². The summed E-state index contributed by atoms with van der Waals surface area (Å²) in [5.41, 5.74) is 10.1. The predicted octanol–water partition coefficient (Wildman–Crippen LogP) is 1.41. The summed E-state index contributed by atoms with van der Waals surface area (Å²) < 4.78 is 5.30. The highest BCUT2D eigenvalue weighted by molar-refractivity contribution is 5.95. The lowest BCUT2D eigenvalue weighted by molar-refractivity contribution is 0.0303. The highest BCUT2D eigenvalue weighted by atomic mass is 16.5. The SMILES string of the molecule is N/C(=C\N(N)c1ccc(C(=O)N2CCOCC2)cc1)c1n[nH]c2cc(C#CCCO)ccc12. The van der Waals surface area contributed by atoms with Crippen LogP contribution in [0.25, 0.3) is 16.6 Å². The maximum atomic E-state index is 12.6. The Morgan fingerprint density at radius 2 is 2.00 bits per heavy atom. The number of ether oxygens (including phenoxy) is 1. The molecule has 1 saturated heterocycles. The number of rotatable bonds is 5. The number of hydrogen-bond acceptors (Lipinski definition) is 7. The minimum Gasteiger partial charge on any atom is -0.396 e. The van der Waals surface area contributed by atoms with Crippen LogP contribution in [0.2, 0.25) is 0 Å². The lowest BCUT2D eigenvalue weighted by Gasteiger charge is -2.27. The van der Waals surface area contributed by atoms with Crippen LogP contribution in [-0.4, -0.2) is 59.0 Å². The van der Waals surface area contributed by atoms with Crippen LogP contribution in [0.15, 0.2) is 48.7 Å². The molecular weight excluding hydrogens is 420 g/mol. The number of carbonyl (C=O) groups is 1. The molecule has 9 heteroatoms. The van der Waals surface area contributed by atoms with Crippen molar-refractivity contribution in [2.24, 2.45) is 11.6 Å². The van der Waals surface area contributed by atoms with E-state index in [-0.39, 0.29) is 12.5 Å². The molecule has 2 heterocycles. The van der Waals surface area contributed by atoms with Gasteiger partial charge in [-0.3, -0.25) is 14.9 Å². The van der Waals surface area contributed by atoms with Crippen molar-refractivity contribution in [2.75, 3.05) is 37.9 Å². The van der Waals surface area contributed by atoms with Gasteiger partial charge in [-0.05, 0) is 42.5 Å². The van der Waals surface area contributed by atoms with Crippen molar-refractivity contribution in [3.63, 3.8) is 0 Å². The Hall–Kier alpha value is -3.84. The van der Waals surface area contributed by atoms with Crippen LogP contribution in [0.3, 0.4) is 0 Å². The second kappa shape index (κ2) is 10.2. The number of aromatic amines is 1.